The topological polar surface area (TPSA) is 89.0 Å². The second kappa shape index (κ2) is 12.7. The zero-order chi connectivity index (χ0) is 30.5. The smallest absolute Gasteiger partial charge is 0.295 e. The first-order valence-electron chi connectivity index (χ1n) is 14.3. The van der Waals surface area contributed by atoms with Crippen molar-refractivity contribution in [2.75, 3.05) is 0 Å². The van der Waals surface area contributed by atoms with Crippen LogP contribution in [0.5, 0.6) is 17.2 Å². The second-order valence-corrected chi connectivity index (χ2v) is 10.5. The quantitative estimate of drug-likeness (QED) is 0.111. The van der Waals surface area contributed by atoms with Gasteiger partial charge in [0.15, 0.2) is 0 Å². The number of aryl methyl sites for hydroxylation is 1. The van der Waals surface area contributed by atoms with Gasteiger partial charge in [-0.1, -0.05) is 66.7 Å². The van der Waals surface area contributed by atoms with Crippen LogP contribution in [0.4, 0.5) is 0 Å². The van der Waals surface area contributed by atoms with Crippen LogP contribution in [0.1, 0.15) is 33.9 Å². The molecule has 218 valence electrons. The molecule has 1 atom stereocenters. The maximum absolute atomic E-state index is 13.6. The molecule has 1 aliphatic heterocycles. The second-order valence-electron chi connectivity index (χ2n) is 10.5. The number of ketones is 1. The summed E-state index contributed by atoms with van der Waals surface area (Å²) in [5.41, 5.74) is 3.57. The molecule has 1 amide bonds. The van der Waals surface area contributed by atoms with Crippen molar-refractivity contribution in [3.8, 4) is 17.2 Å². The maximum Gasteiger partial charge on any atom is 0.295 e. The number of carbonyl (C=O) groups excluding carboxylic acids is 2. The molecule has 7 nitrogen and oxygen atoms in total. The van der Waals surface area contributed by atoms with Gasteiger partial charge in [-0.05, 0) is 77.7 Å². The molecular formula is C37H30N2O5. The van der Waals surface area contributed by atoms with Crippen LogP contribution in [0, 0.1) is 6.92 Å². The standard InChI is InChI=1S/C37H30N2O5/c1-25-20-30(43-24-26-10-4-2-5-11-26)17-18-32(25)35(40)33-34(39(37(42)36(33)41)23-27-12-9-19-38-22-27)28-13-8-16-31(21-28)44-29-14-6-3-7-15-29/h2-22,34,40H,23-24H2,1H3/t34-/m0/s1. The fraction of sp³-hybridized carbons (Fsp3) is 0.108. The maximum atomic E-state index is 13.6. The predicted molar refractivity (Wildman–Crippen MR) is 167 cm³/mol. The average molecular weight is 583 g/mol. The number of pyridine rings is 1. The largest absolute Gasteiger partial charge is 0.507 e. The molecule has 44 heavy (non-hydrogen) atoms. The highest BCUT2D eigenvalue weighted by Crippen LogP contribution is 2.42. The number of benzene rings is 4. The summed E-state index contributed by atoms with van der Waals surface area (Å²) >= 11 is 0. The Morgan fingerprint density at radius 2 is 1.52 bits per heavy atom. The van der Waals surface area contributed by atoms with Gasteiger partial charge in [-0.25, -0.2) is 0 Å². The SMILES string of the molecule is Cc1cc(OCc2ccccc2)ccc1C(O)=C1C(=O)C(=O)N(Cc2cccnc2)[C@H]1c1cccc(Oc2ccccc2)c1. The highest BCUT2D eigenvalue weighted by atomic mass is 16.5. The van der Waals surface area contributed by atoms with E-state index in [1.54, 1.807) is 36.7 Å². The fourth-order valence-electron chi connectivity index (χ4n) is 5.33. The number of Topliss-reactive ketones (excluding diaryl/α,β-unsaturated/α-hetero) is 1. The van der Waals surface area contributed by atoms with Gasteiger partial charge in [-0.2, -0.15) is 0 Å². The molecule has 4 aromatic carbocycles. The summed E-state index contributed by atoms with van der Waals surface area (Å²) in [7, 11) is 0. The minimum absolute atomic E-state index is 0.0109. The van der Waals surface area contributed by atoms with Crippen LogP contribution in [0.2, 0.25) is 0 Å². The lowest BCUT2D eigenvalue weighted by atomic mass is 9.93. The van der Waals surface area contributed by atoms with Crippen LogP contribution in [-0.4, -0.2) is 26.7 Å². The molecule has 0 bridgehead atoms. The summed E-state index contributed by atoms with van der Waals surface area (Å²) in [6.07, 6.45) is 3.30. The molecule has 1 fully saturated rings. The Morgan fingerprint density at radius 3 is 2.25 bits per heavy atom. The van der Waals surface area contributed by atoms with Gasteiger partial charge in [0.1, 0.15) is 29.6 Å². The lowest BCUT2D eigenvalue weighted by Gasteiger charge is -2.26. The van der Waals surface area contributed by atoms with Crippen molar-refractivity contribution >= 4 is 17.4 Å². The van der Waals surface area contributed by atoms with E-state index >= 15 is 0 Å². The van der Waals surface area contributed by atoms with E-state index in [1.165, 1.54) is 4.90 Å². The Balaban J connectivity index is 1.38. The van der Waals surface area contributed by atoms with Crippen molar-refractivity contribution < 1.29 is 24.2 Å². The van der Waals surface area contributed by atoms with E-state index in [-0.39, 0.29) is 17.9 Å². The molecule has 1 aromatic heterocycles. The molecule has 7 heteroatoms. The number of rotatable bonds is 9. The first-order valence-corrected chi connectivity index (χ1v) is 14.3. The summed E-state index contributed by atoms with van der Waals surface area (Å²) in [6.45, 7) is 2.36. The Kier molecular flexibility index (Phi) is 8.19. The molecule has 0 saturated carbocycles. The van der Waals surface area contributed by atoms with Gasteiger partial charge in [0, 0.05) is 24.5 Å². The Labute approximate surface area is 255 Å². The predicted octanol–water partition coefficient (Wildman–Crippen LogP) is 7.38. The number of aliphatic hydroxyl groups is 1. The third kappa shape index (κ3) is 6.08. The molecule has 0 radical (unpaired) electrons. The Bertz CT molecular complexity index is 1820. The molecular weight excluding hydrogens is 552 g/mol. The van der Waals surface area contributed by atoms with Crippen LogP contribution >= 0.6 is 0 Å². The normalized spacial score (nSPS) is 15.8. The number of hydrogen-bond donors (Lipinski definition) is 1. The van der Waals surface area contributed by atoms with Crippen LogP contribution < -0.4 is 9.47 Å². The van der Waals surface area contributed by atoms with E-state index in [0.29, 0.717) is 40.5 Å². The van der Waals surface area contributed by atoms with Gasteiger partial charge in [0.2, 0.25) is 0 Å². The summed E-state index contributed by atoms with van der Waals surface area (Å²) in [5.74, 6) is 0.117. The molecule has 2 heterocycles. The van der Waals surface area contributed by atoms with Crippen LogP contribution in [-0.2, 0) is 22.7 Å². The molecule has 1 saturated heterocycles. The summed E-state index contributed by atoms with van der Waals surface area (Å²) in [4.78, 5) is 32.8. The molecule has 0 aliphatic carbocycles. The highest BCUT2D eigenvalue weighted by molar-refractivity contribution is 6.46. The first kappa shape index (κ1) is 28.4. The Hall–Kier alpha value is -5.69. The van der Waals surface area contributed by atoms with Crippen LogP contribution in [0.3, 0.4) is 0 Å². The number of nitrogens with zero attached hydrogens (tertiary/aromatic N) is 2. The van der Waals surface area contributed by atoms with Crippen molar-refractivity contribution in [3.63, 3.8) is 0 Å². The summed E-state index contributed by atoms with van der Waals surface area (Å²) in [6, 6.07) is 34.4. The number of hydrogen-bond acceptors (Lipinski definition) is 6. The number of amides is 1. The highest BCUT2D eigenvalue weighted by Gasteiger charge is 2.46. The molecule has 5 aromatic rings. The van der Waals surface area contributed by atoms with Crippen LogP contribution in [0.25, 0.3) is 5.76 Å². The van der Waals surface area contributed by atoms with Crippen molar-refractivity contribution in [1.29, 1.82) is 0 Å². The summed E-state index contributed by atoms with van der Waals surface area (Å²) in [5, 5.41) is 11.7. The number of aromatic nitrogens is 1. The van der Waals surface area contributed by atoms with E-state index in [9.17, 15) is 14.7 Å². The first-order chi connectivity index (χ1) is 21.5. The monoisotopic (exact) mass is 582 g/mol. The number of ether oxygens (including phenoxy) is 2. The third-order valence-electron chi connectivity index (χ3n) is 7.47. The number of likely N-dealkylation sites (tertiary alicyclic amines) is 1. The van der Waals surface area contributed by atoms with E-state index in [0.717, 1.165) is 11.1 Å². The molecule has 1 N–H and O–H groups in total. The fourth-order valence-corrected chi connectivity index (χ4v) is 5.33. The van der Waals surface area contributed by atoms with Crippen molar-refractivity contribution in [2.45, 2.75) is 26.1 Å². The minimum Gasteiger partial charge on any atom is -0.507 e. The number of para-hydroxylation sites is 1. The van der Waals surface area contributed by atoms with Gasteiger partial charge in [0.25, 0.3) is 11.7 Å². The van der Waals surface area contributed by atoms with Gasteiger partial charge in [-0.3, -0.25) is 14.6 Å². The molecule has 6 rings (SSSR count). The van der Waals surface area contributed by atoms with Gasteiger partial charge >= 0.3 is 0 Å². The van der Waals surface area contributed by atoms with E-state index in [1.807, 2.05) is 97.9 Å². The Morgan fingerprint density at radius 1 is 0.795 bits per heavy atom. The van der Waals surface area contributed by atoms with Crippen LogP contribution in [0.15, 0.2) is 133 Å². The van der Waals surface area contributed by atoms with E-state index < -0.39 is 17.7 Å². The van der Waals surface area contributed by atoms with Gasteiger partial charge < -0.3 is 19.5 Å². The molecule has 1 aliphatic rings. The van der Waals surface area contributed by atoms with Gasteiger partial charge in [0.05, 0.1) is 11.6 Å². The average Bonchev–Trinajstić information content (AvgIpc) is 3.30. The molecule has 0 spiro atoms. The third-order valence-corrected chi connectivity index (χ3v) is 7.47. The lowest BCUT2D eigenvalue weighted by Crippen LogP contribution is -2.29. The van der Waals surface area contributed by atoms with Crippen molar-refractivity contribution in [3.05, 3.63) is 161 Å². The van der Waals surface area contributed by atoms with E-state index in [2.05, 4.69) is 4.98 Å². The van der Waals surface area contributed by atoms with Crippen molar-refractivity contribution in [1.82, 2.24) is 9.88 Å². The minimum atomic E-state index is -0.858. The zero-order valence-corrected chi connectivity index (χ0v) is 24.1. The molecule has 0 unspecified atom stereocenters. The lowest BCUT2D eigenvalue weighted by molar-refractivity contribution is -0.140. The number of aliphatic hydroxyl groups excluding tert-OH is 1. The van der Waals surface area contributed by atoms with E-state index in [4.69, 9.17) is 9.47 Å². The summed E-state index contributed by atoms with van der Waals surface area (Å²) < 4.78 is 12.0. The zero-order valence-electron chi connectivity index (χ0n) is 24.1. The van der Waals surface area contributed by atoms with Gasteiger partial charge in [-0.15, -0.1) is 0 Å². The van der Waals surface area contributed by atoms with Crippen molar-refractivity contribution in [2.24, 2.45) is 0 Å². The number of carbonyl (C=O) groups is 2.